The number of hydrogen-bond donors (Lipinski definition) is 1. The number of alkyl halides is 4. The van der Waals surface area contributed by atoms with Crippen LogP contribution in [0.3, 0.4) is 0 Å². The Balaban J connectivity index is 3.52. The number of hydrogen-bond acceptors (Lipinski definition) is 2. The van der Waals surface area contributed by atoms with Gasteiger partial charge in [-0.05, 0) is 31.5 Å². The van der Waals surface area contributed by atoms with E-state index in [1.165, 1.54) is 17.9 Å². The minimum absolute atomic E-state index is 0.00866. The van der Waals surface area contributed by atoms with Crippen molar-refractivity contribution in [1.82, 2.24) is 0 Å². The van der Waals surface area contributed by atoms with Crippen molar-refractivity contribution in [3.05, 3.63) is 28.8 Å². The second kappa shape index (κ2) is 6.35. The van der Waals surface area contributed by atoms with Gasteiger partial charge in [0.15, 0.2) is 0 Å². The number of rotatable bonds is 5. The number of anilines is 1. The summed E-state index contributed by atoms with van der Waals surface area (Å²) in [4.78, 5) is 12.4. The Hall–Kier alpha value is -1.43. The molecular formula is C13H15ClF3NO2. The second-order valence-corrected chi connectivity index (χ2v) is 4.64. The molecule has 1 N–H and O–H groups in total. The van der Waals surface area contributed by atoms with Crippen molar-refractivity contribution >= 4 is 23.3 Å². The largest absolute Gasteiger partial charge is 0.478 e. The fraction of sp³-hybridized carbons (Fsp3) is 0.462. The minimum atomic E-state index is -4.62. The predicted octanol–water partition coefficient (Wildman–Crippen LogP) is 3.78. The SMILES string of the molecule is CCN(CCCl)c1c(C)cc(C(=O)O)cc1C(F)(F)F. The van der Waals surface area contributed by atoms with Gasteiger partial charge in [0.1, 0.15) is 0 Å². The van der Waals surface area contributed by atoms with E-state index in [0.717, 1.165) is 0 Å². The highest BCUT2D eigenvalue weighted by molar-refractivity contribution is 6.18. The highest BCUT2D eigenvalue weighted by atomic mass is 35.5. The van der Waals surface area contributed by atoms with E-state index in [-0.39, 0.29) is 29.2 Å². The molecule has 0 aromatic heterocycles. The summed E-state index contributed by atoms with van der Waals surface area (Å²) in [6, 6.07) is 1.91. The number of halogens is 4. The average Bonchev–Trinajstić information content (AvgIpc) is 2.34. The first-order valence-electron chi connectivity index (χ1n) is 5.98. The summed E-state index contributed by atoms with van der Waals surface area (Å²) >= 11 is 5.61. The quantitative estimate of drug-likeness (QED) is 0.842. The van der Waals surface area contributed by atoms with E-state index in [0.29, 0.717) is 12.6 Å². The highest BCUT2D eigenvalue weighted by Crippen LogP contribution is 2.39. The molecule has 1 rings (SSSR count). The van der Waals surface area contributed by atoms with E-state index >= 15 is 0 Å². The lowest BCUT2D eigenvalue weighted by molar-refractivity contribution is -0.137. The molecule has 20 heavy (non-hydrogen) atoms. The lowest BCUT2D eigenvalue weighted by atomic mass is 10.0. The molecule has 0 fully saturated rings. The molecule has 0 bridgehead atoms. The fourth-order valence-corrected chi connectivity index (χ4v) is 2.27. The van der Waals surface area contributed by atoms with Gasteiger partial charge in [-0.25, -0.2) is 4.79 Å². The molecule has 0 aliphatic carbocycles. The van der Waals surface area contributed by atoms with Crippen LogP contribution < -0.4 is 4.90 Å². The van der Waals surface area contributed by atoms with Crippen molar-refractivity contribution in [3.63, 3.8) is 0 Å². The van der Waals surface area contributed by atoms with E-state index in [4.69, 9.17) is 16.7 Å². The number of aryl methyl sites for hydroxylation is 1. The first-order valence-corrected chi connectivity index (χ1v) is 6.51. The average molecular weight is 310 g/mol. The molecule has 0 unspecified atom stereocenters. The molecule has 0 heterocycles. The standard InChI is InChI=1S/C13H15ClF3NO2/c1-3-18(5-4-14)11-8(2)6-9(12(19)20)7-10(11)13(15,16)17/h6-7H,3-5H2,1-2H3,(H,19,20). The fourth-order valence-electron chi connectivity index (χ4n) is 2.07. The number of benzene rings is 1. The van der Waals surface area contributed by atoms with Crippen molar-refractivity contribution in [2.45, 2.75) is 20.0 Å². The summed E-state index contributed by atoms with van der Waals surface area (Å²) < 4.78 is 39.5. The molecule has 3 nitrogen and oxygen atoms in total. The normalized spacial score (nSPS) is 11.5. The third-order valence-electron chi connectivity index (χ3n) is 2.91. The third-order valence-corrected chi connectivity index (χ3v) is 3.07. The summed E-state index contributed by atoms with van der Waals surface area (Å²) in [6.45, 7) is 3.79. The van der Waals surface area contributed by atoms with Gasteiger partial charge in [-0.15, -0.1) is 11.6 Å². The molecular weight excluding hydrogens is 295 g/mol. The maximum Gasteiger partial charge on any atom is 0.418 e. The maximum atomic E-state index is 13.2. The van der Waals surface area contributed by atoms with Crippen molar-refractivity contribution in [1.29, 1.82) is 0 Å². The van der Waals surface area contributed by atoms with Crippen molar-refractivity contribution in [2.75, 3.05) is 23.9 Å². The van der Waals surface area contributed by atoms with Gasteiger partial charge in [0.2, 0.25) is 0 Å². The van der Waals surface area contributed by atoms with E-state index in [1.54, 1.807) is 6.92 Å². The molecule has 1 aromatic carbocycles. The van der Waals surface area contributed by atoms with Crippen LogP contribution in [0.25, 0.3) is 0 Å². The maximum absolute atomic E-state index is 13.2. The lowest BCUT2D eigenvalue weighted by Crippen LogP contribution is -2.29. The number of aromatic carboxylic acids is 1. The summed E-state index contributed by atoms with van der Waals surface area (Å²) in [7, 11) is 0. The molecule has 1 aromatic rings. The van der Waals surface area contributed by atoms with Crippen LogP contribution in [-0.4, -0.2) is 30.0 Å². The van der Waals surface area contributed by atoms with Crippen LogP contribution in [0.1, 0.15) is 28.4 Å². The van der Waals surface area contributed by atoms with E-state index in [1.807, 2.05) is 0 Å². The van der Waals surface area contributed by atoms with Gasteiger partial charge in [-0.2, -0.15) is 13.2 Å². The Morgan fingerprint density at radius 1 is 1.40 bits per heavy atom. The van der Waals surface area contributed by atoms with Crippen LogP contribution >= 0.6 is 11.6 Å². The smallest absolute Gasteiger partial charge is 0.418 e. The number of carbonyl (C=O) groups is 1. The molecule has 7 heteroatoms. The van der Waals surface area contributed by atoms with Crippen LogP contribution in [0.2, 0.25) is 0 Å². The summed E-state index contributed by atoms with van der Waals surface area (Å²) in [5.41, 5.74) is -1.06. The predicted molar refractivity (Wildman–Crippen MR) is 71.7 cm³/mol. The molecule has 112 valence electrons. The Bertz CT molecular complexity index is 503. The van der Waals surface area contributed by atoms with Gasteiger partial charge in [0.05, 0.1) is 16.8 Å². The molecule has 0 radical (unpaired) electrons. The molecule has 0 saturated heterocycles. The number of carboxylic acids is 1. The van der Waals surface area contributed by atoms with Gasteiger partial charge in [0, 0.05) is 19.0 Å². The second-order valence-electron chi connectivity index (χ2n) is 4.26. The first kappa shape index (κ1) is 16.6. The highest BCUT2D eigenvalue weighted by Gasteiger charge is 2.36. The molecule has 0 amide bonds. The summed E-state index contributed by atoms with van der Waals surface area (Å²) in [5, 5.41) is 8.89. The topological polar surface area (TPSA) is 40.5 Å². The van der Waals surface area contributed by atoms with Crippen molar-refractivity contribution in [2.24, 2.45) is 0 Å². The number of nitrogens with zero attached hydrogens (tertiary/aromatic N) is 1. The van der Waals surface area contributed by atoms with Crippen LogP contribution in [0.15, 0.2) is 12.1 Å². The van der Waals surface area contributed by atoms with Gasteiger partial charge < -0.3 is 10.0 Å². The lowest BCUT2D eigenvalue weighted by Gasteiger charge is -2.28. The van der Waals surface area contributed by atoms with E-state index in [2.05, 4.69) is 0 Å². The Kier molecular flexibility index (Phi) is 5.28. The molecule has 0 spiro atoms. The van der Waals surface area contributed by atoms with Gasteiger partial charge >= 0.3 is 12.1 Å². The molecule has 0 aliphatic heterocycles. The van der Waals surface area contributed by atoms with Crippen LogP contribution in [0, 0.1) is 6.92 Å². The van der Waals surface area contributed by atoms with E-state index in [9.17, 15) is 18.0 Å². The van der Waals surface area contributed by atoms with Crippen molar-refractivity contribution < 1.29 is 23.1 Å². The summed E-state index contributed by atoms with van der Waals surface area (Å²) in [6.07, 6.45) is -4.62. The van der Waals surface area contributed by atoms with Crippen LogP contribution in [-0.2, 0) is 6.18 Å². The zero-order valence-electron chi connectivity index (χ0n) is 11.1. The Labute approximate surface area is 120 Å². The van der Waals surface area contributed by atoms with Crippen LogP contribution in [0.4, 0.5) is 18.9 Å². The minimum Gasteiger partial charge on any atom is -0.478 e. The third kappa shape index (κ3) is 3.56. The zero-order valence-corrected chi connectivity index (χ0v) is 11.8. The Morgan fingerprint density at radius 3 is 2.40 bits per heavy atom. The van der Waals surface area contributed by atoms with Gasteiger partial charge in [-0.3, -0.25) is 0 Å². The van der Waals surface area contributed by atoms with Crippen molar-refractivity contribution in [3.8, 4) is 0 Å². The molecule has 0 atom stereocenters. The number of carboxylic acid groups (broad SMARTS) is 1. The summed E-state index contributed by atoms with van der Waals surface area (Å²) in [5.74, 6) is -1.20. The molecule has 0 aliphatic rings. The van der Waals surface area contributed by atoms with Gasteiger partial charge in [0.25, 0.3) is 0 Å². The zero-order chi connectivity index (χ0) is 15.5. The Morgan fingerprint density at radius 2 is 2.00 bits per heavy atom. The monoisotopic (exact) mass is 309 g/mol. The van der Waals surface area contributed by atoms with E-state index < -0.39 is 17.7 Å². The van der Waals surface area contributed by atoms with Gasteiger partial charge in [-0.1, -0.05) is 0 Å². The molecule has 0 saturated carbocycles. The first-order chi connectivity index (χ1) is 9.22. The van der Waals surface area contributed by atoms with Crippen LogP contribution in [0.5, 0.6) is 0 Å².